The van der Waals surface area contributed by atoms with Gasteiger partial charge in [-0.2, -0.15) is 0 Å². The molecule has 0 aliphatic carbocycles. The Hall–Kier alpha value is -3.72. The highest BCUT2D eigenvalue weighted by molar-refractivity contribution is 6.07. The summed E-state index contributed by atoms with van der Waals surface area (Å²) in [5.41, 5.74) is 11.2. The van der Waals surface area contributed by atoms with E-state index in [1.807, 2.05) is 42.5 Å². The normalized spacial score (nSPS) is 15.9. The van der Waals surface area contributed by atoms with Crippen molar-refractivity contribution in [2.45, 2.75) is 12.5 Å². The molecule has 38 heavy (non-hydrogen) atoms. The minimum absolute atomic E-state index is 0.212. The van der Waals surface area contributed by atoms with E-state index in [9.17, 15) is 4.79 Å². The minimum Gasteiger partial charge on any atom is -0.462 e. The highest BCUT2D eigenvalue weighted by Gasteiger charge is 2.24. The van der Waals surface area contributed by atoms with Gasteiger partial charge in [-0.3, -0.25) is 9.69 Å². The Morgan fingerprint density at radius 2 is 1.58 bits per heavy atom. The van der Waals surface area contributed by atoms with E-state index in [2.05, 4.69) is 51.5 Å². The fourth-order valence-electron chi connectivity index (χ4n) is 4.76. The third-order valence-corrected chi connectivity index (χ3v) is 6.86. The zero-order valence-corrected chi connectivity index (χ0v) is 21.6. The van der Waals surface area contributed by atoms with Crippen LogP contribution in [0.25, 0.3) is 0 Å². The Balaban J connectivity index is 1.03. The second-order valence-electron chi connectivity index (χ2n) is 9.53. The van der Waals surface area contributed by atoms with Crippen LogP contribution in [0, 0.1) is 0 Å². The van der Waals surface area contributed by atoms with Gasteiger partial charge in [-0.15, -0.1) is 0 Å². The summed E-state index contributed by atoms with van der Waals surface area (Å²) in [4.78, 5) is 22.0. The zero-order valence-electron chi connectivity index (χ0n) is 21.6. The van der Waals surface area contributed by atoms with Crippen molar-refractivity contribution in [2.75, 3.05) is 57.9 Å². The van der Waals surface area contributed by atoms with E-state index in [0.29, 0.717) is 19.6 Å². The molecule has 5 rings (SSSR count). The number of ether oxygens (including phenoxy) is 2. The molecule has 2 heterocycles. The lowest BCUT2D eigenvalue weighted by atomic mass is 10.1. The third-order valence-electron chi connectivity index (χ3n) is 6.86. The first-order chi connectivity index (χ1) is 18.7. The van der Waals surface area contributed by atoms with Crippen LogP contribution < -0.4 is 11.1 Å². The largest absolute Gasteiger partial charge is 0.462 e. The van der Waals surface area contributed by atoms with Gasteiger partial charge in [-0.05, 0) is 36.2 Å². The first-order valence-electron chi connectivity index (χ1n) is 13.2. The van der Waals surface area contributed by atoms with Crippen LogP contribution in [0.1, 0.15) is 11.1 Å². The lowest BCUT2D eigenvalue weighted by Gasteiger charge is -2.36. The first-order valence-corrected chi connectivity index (χ1v) is 13.2. The minimum atomic E-state index is -0.664. The fraction of sp³-hybridized carbons (Fsp3) is 0.333. The van der Waals surface area contributed by atoms with Crippen LogP contribution in [-0.4, -0.2) is 80.2 Å². The smallest absolute Gasteiger partial charge is 0.323 e. The van der Waals surface area contributed by atoms with Crippen LogP contribution in [0.4, 0.5) is 17.1 Å². The summed E-state index contributed by atoms with van der Waals surface area (Å²) < 4.78 is 11.0. The quantitative estimate of drug-likeness (QED) is 0.334. The van der Waals surface area contributed by atoms with E-state index in [4.69, 9.17) is 20.2 Å². The Kier molecular flexibility index (Phi) is 8.65. The summed E-state index contributed by atoms with van der Waals surface area (Å²) in [6, 6.07) is 25.6. The number of benzene rings is 3. The molecular weight excluding hydrogens is 478 g/mol. The maximum absolute atomic E-state index is 12.1. The van der Waals surface area contributed by atoms with Crippen molar-refractivity contribution >= 4 is 28.9 Å². The van der Waals surface area contributed by atoms with Crippen molar-refractivity contribution in [2.24, 2.45) is 10.7 Å². The molecule has 3 aromatic rings. The predicted octanol–water partition coefficient (Wildman–Crippen LogP) is 3.57. The molecule has 8 heteroatoms. The van der Waals surface area contributed by atoms with Gasteiger partial charge >= 0.3 is 5.97 Å². The molecule has 1 saturated heterocycles. The topological polar surface area (TPSA) is 92.4 Å². The van der Waals surface area contributed by atoms with E-state index >= 15 is 0 Å². The maximum atomic E-state index is 12.1. The molecule has 3 aromatic carbocycles. The molecule has 1 atom stereocenters. The number of fused-ring (bicyclic) bond motifs is 2. The number of amidine groups is 1. The molecular formula is C30H35N5O3. The fourth-order valence-corrected chi connectivity index (χ4v) is 4.76. The Morgan fingerprint density at radius 1 is 0.868 bits per heavy atom. The van der Waals surface area contributed by atoms with E-state index in [-0.39, 0.29) is 6.61 Å². The summed E-state index contributed by atoms with van der Waals surface area (Å²) in [5, 5.41) is 3.54. The molecule has 2 aliphatic rings. The average molecular weight is 514 g/mol. The lowest BCUT2D eigenvalue weighted by Crippen LogP contribution is -2.49. The van der Waals surface area contributed by atoms with Crippen LogP contribution in [0.5, 0.6) is 0 Å². The number of aliphatic imine (C=N–C) groups is 1. The molecule has 2 aliphatic heterocycles. The van der Waals surface area contributed by atoms with Crippen molar-refractivity contribution < 1.29 is 14.3 Å². The highest BCUT2D eigenvalue weighted by atomic mass is 16.6. The molecule has 0 radical (unpaired) electrons. The molecule has 8 nitrogen and oxygen atoms in total. The van der Waals surface area contributed by atoms with Gasteiger partial charge in [-0.25, -0.2) is 4.99 Å². The zero-order chi connectivity index (χ0) is 26.2. The number of esters is 1. The highest BCUT2D eigenvalue weighted by Crippen LogP contribution is 2.34. The van der Waals surface area contributed by atoms with Gasteiger partial charge in [0.05, 0.1) is 24.6 Å². The molecule has 1 unspecified atom stereocenters. The number of nitrogens with zero attached hydrogens (tertiary/aromatic N) is 3. The first kappa shape index (κ1) is 25.9. The molecule has 0 aromatic heterocycles. The standard InChI is InChI=1S/C30H35N5O3/c31-25(22-23-8-2-1-3-9-23)30(36)38-21-20-37-19-18-34-14-16-35(17-15-34)29-24-10-4-5-11-26(24)32-27-12-6-7-13-28(27)33-29/h1-13,25,32H,14-22,31H2. The van der Waals surface area contributed by atoms with Crippen LogP contribution >= 0.6 is 0 Å². The number of nitrogens with two attached hydrogens (primary N) is 1. The molecule has 0 bridgehead atoms. The third kappa shape index (κ3) is 6.58. The average Bonchev–Trinajstić information content (AvgIpc) is 3.12. The molecule has 1 fully saturated rings. The van der Waals surface area contributed by atoms with Crippen molar-refractivity contribution in [3.63, 3.8) is 0 Å². The maximum Gasteiger partial charge on any atom is 0.323 e. The number of nitrogens with one attached hydrogen (secondary N) is 1. The predicted molar refractivity (Wildman–Crippen MR) is 150 cm³/mol. The summed E-state index contributed by atoms with van der Waals surface area (Å²) in [7, 11) is 0. The number of para-hydroxylation sites is 3. The molecule has 0 spiro atoms. The van der Waals surface area contributed by atoms with Gasteiger partial charge in [0.15, 0.2) is 0 Å². The number of hydrogen-bond acceptors (Lipinski definition) is 8. The summed E-state index contributed by atoms with van der Waals surface area (Å²) in [5.74, 6) is 0.621. The Labute approximate surface area is 224 Å². The van der Waals surface area contributed by atoms with Gasteiger partial charge in [-0.1, -0.05) is 54.6 Å². The number of hydrogen-bond donors (Lipinski definition) is 2. The van der Waals surface area contributed by atoms with Gasteiger partial charge < -0.3 is 25.4 Å². The van der Waals surface area contributed by atoms with Crippen LogP contribution in [0.2, 0.25) is 0 Å². The Morgan fingerprint density at radius 3 is 2.39 bits per heavy atom. The number of rotatable bonds is 9. The van der Waals surface area contributed by atoms with E-state index in [1.54, 1.807) is 0 Å². The molecule has 198 valence electrons. The number of anilines is 2. The molecule has 0 amide bonds. The summed E-state index contributed by atoms with van der Waals surface area (Å²) in [6.07, 6.45) is 0.466. The van der Waals surface area contributed by atoms with E-state index in [1.165, 1.54) is 0 Å². The van der Waals surface area contributed by atoms with E-state index in [0.717, 1.165) is 66.7 Å². The Bertz CT molecular complexity index is 1240. The van der Waals surface area contributed by atoms with Gasteiger partial charge in [0.25, 0.3) is 0 Å². The van der Waals surface area contributed by atoms with Gasteiger partial charge in [0, 0.05) is 44.0 Å². The van der Waals surface area contributed by atoms with Crippen molar-refractivity contribution in [1.82, 2.24) is 9.80 Å². The van der Waals surface area contributed by atoms with Crippen molar-refractivity contribution in [3.05, 3.63) is 90.0 Å². The van der Waals surface area contributed by atoms with Crippen molar-refractivity contribution in [3.8, 4) is 0 Å². The SMILES string of the molecule is NC(Cc1ccccc1)C(=O)OCCOCCN1CCN(C2=Nc3ccccc3Nc3ccccc32)CC1. The molecule has 3 N–H and O–H groups in total. The van der Waals surface area contributed by atoms with Crippen molar-refractivity contribution in [1.29, 1.82) is 0 Å². The molecule has 0 saturated carbocycles. The second kappa shape index (κ2) is 12.7. The van der Waals surface area contributed by atoms with Gasteiger partial charge in [0.2, 0.25) is 0 Å². The van der Waals surface area contributed by atoms with E-state index < -0.39 is 12.0 Å². The van der Waals surface area contributed by atoms with Gasteiger partial charge in [0.1, 0.15) is 18.5 Å². The monoisotopic (exact) mass is 513 g/mol. The number of carbonyl (C=O) groups is 1. The van der Waals surface area contributed by atoms with Crippen LogP contribution in [0.15, 0.2) is 83.9 Å². The summed E-state index contributed by atoms with van der Waals surface area (Å²) in [6.45, 7) is 5.66. The van der Waals surface area contributed by atoms with Crippen LogP contribution in [0.3, 0.4) is 0 Å². The number of carbonyl (C=O) groups excluding carboxylic acids is 1. The van der Waals surface area contributed by atoms with Crippen LogP contribution in [-0.2, 0) is 20.7 Å². The number of piperazine rings is 1. The lowest BCUT2D eigenvalue weighted by molar-refractivity contribution is -0.146. The summed E-state index contributed by atoms with van der Waals surface area (Å²) >= 11 is 0. The second-order valence-corrected chi connectivity index (χ2v) is 9.53.